The third-order valence-corrected chi connectivity index (χ3v) is 3.50. The summed E-state index contributed by atoms with van der Waals surface area (Å²) in [5.41, 5.74) is 4.75. The number of hydrogen-bond donors (Lipinski definition) is 2. The summed E-state index contributed by atoms with van der Waals surface area (Å²) in [6.45, 7) is 3.80. The average molecular weight is 338 g/mol. The van der Waals surface area contributed by atoms with Gasteiger partial charge in [-0.1, -0.05) is 24.3 Å². The summed E-state index contributed by atoms with van der Waals surface area (Å²) in [5, 5.41) is 4.78. The van der Waals surface area contributed by atoms with Crippen LogP contribution in [0.2, 0.25) is 0 Å². The van der Waals surface area contributed by atoms with Crippen LogP contribution in [0.5, 0.6) is 0 Å². The number of aromatic nitrogens is 2. The highest BCUT2D eigenvalue weighted by atomic mass is 35.5. The van der Waals surface area contributed by atoms with Crippen LogP contribution in [-0.4, -0.2) is 16.5 Å². The van der Waals surface area contributed by atoms with E-state index in [0.717, 1.165) is 30.9 Å². The second kappa shape index (κ2) is 8.79. The first-order valence-electron chi connectivity index (χ1n) is 7.01. The Hall–Kier alpha value is -1.55. The molecule has 0 spiro atoms. The molecule has 5 heteroatoms. The first-order valence-corrected chi connectivity index (χ1v) is 7.01. The minimum Gasteiger partial charge on any atom is -0.361 e. The van der Waals surface area contributed by atoms with Crippen molar-refractivity contribution in [3.05, 3.63) is 65.6 Å². The maximum Gasteiger partial charge on any atom is 0.0544 e. The van der Waals surface area contributed by atoms with E-state index in [4.69, 9.17) is 0 Å². The number of aromatic amines is 1. The van der Waals surface area contributed by atoms with Crippen molar-refractivity contribution in [1.29, 1.82) is 0 Å². The minimum absolute atomic E-state index is 0. The minimum atomic E-state index is 0. The summed E-state index contributed by atoms with van der Waals surface area (Å²) in [6, 6.07) is 14.6. The van der Waals surface area contributed by atoms with Crippen LogP contribution in [0.15, 0.2) is 48.7 Å². The number of nitrogens with zero attached hydrogens (tertiary/aromatic N) is 1. The molecule has 0 saturated heterocycles. The van der Waals surface area contributed by atoms with Crippen LogP contribution in [0.25, 0.3) is 10.9 Å². The standard InChI is InChI=1S/C17H19N3.2ClH/c1-13-5-4-6-15(20-13)12-18-10-9-14-11-19-17-8-3-2-7-16(14)17;;/h2-8,11,18-19H,9-10,12H2,1H3;2*1H. The van der Waals surface area contributed by atoms with Gasteiger partial charge in [-0.05, 0) is 43.7 Å². The molecule has 0 aliphatic carbocycles. The number of pyridine rings is 1. The molecule has 118 valence electrons. The van der Waals surface area contributed by atoms with Gasteiger partial charge in [-0.3, -0.25) is 4.98 Å². The molecule has 0 atom stereocenters. The highest BCUT2D eigenvalue weighted by Gasteiger charge is 2.02. The number of halogens is 2. The maximum atomic E-state index is 4.49. The number of aryl methyl sites for hydroxylation is 1. The Morgan fingerprint density at radius 2 is 1.86 bits per heavy atom. The molecule has 3 rings (SSSR count). The summed E-state index contributed by atoms with van der Waals surface area (Å²) in [4.78, 5) is 7.80. The fraction of sp³-hybridized carbons (Fsp3) is 0.235. The molecule has 0 saturated carbocycles. The summed E-state index contributed by atoms with van der Waals surface area (Å²) in [5.74, 6) is 0. The third-order valence-electron chi connectivity index (χ3n) is 3.50. The molecule has 3 aromatic rings. The Kier molecular flexibility index (Phi) is 7.39. The normalized spacial score (nSPS) is 10.0. The van der Waals surface area contributed by atoms with Gasteiger partial charge in [0, 0.05) is 29.3 Å². The summed E-state index contributed by atoms with van der Waals surface area (Å²) >= 11 is 0. The maximum absolute atomic E-state index is 4.49. The lowest BCUT2D eigenvalue weighted by molar-refractivity contribution is 0.675. The molecule has 0 amide bonds. The largest absolute Gasteiger partial charge is 0.361 e. The van der Waals surface area contributed by atoms with E-state index in [2.05, 4.69) is 57.9 Å². The molecule has 3 nitrogen and oxygen atoms in total. The van der Waals surface area contributed by atoms with Gasteiger partial charge < -0.3 is 10.3 Å². The van der Waals surface area contributed by atoms with E-state index in [9.17, 15) is 0 Å². The number of rotatable bonds is 5. The van der Waals surface area contributed by atoms with E-state index in [1.807, 2.05) is 13.0 Å². The highest BCUT2D eigenvalue weighted by molar-refractivity contribution is 5.85. The summed E-state index contributed by atoms with van der Waals surface area (Å²) in [7, 11) is 0. The van der Waals surface area contributed by atoms with Crippen LogP contribution >= 0.6 is 24.8 Å². The number of H-pyrrole nitrogens is 1. The van der Waals surface area contributed by atoms with Crippen LogP contribution in [0.1, 0.15) is 17.0 Å². The van der Waals surface area contributed by atoms with Crippen molar-refractivity contribution in [3.8, 4) is 0 Å². The molecule has 0 aliphatic rings. The molecule has 0 fully saturated rings. The lowest BCUT2D eigenvalue weighted by Gasteiger charge is -2.04. The smallest absolute Gasteiger partial charge is 0.0544 e. The van der Waals surface area contributed by atoms with Crippen LogP contribution in [0.3, 0.4) is 0 Å². The number of para-hydroxylation sites is 1. The summed E-state index contributed by atoms with van der Waals surface area (Å²) < 4.78 is 0. The number of fused-ring (bicyclic) bond motifs is 1. The fourth-order valence-corrected chi connectivity index (χ4v) is 2.48. The Morgan fingerprint density at radius 1 is 1.05 bits per heavy atom. The molecular formula is C17H21Cl2N3. The molecule has 2 N–H and O–H groups in total. The monoisotopic (exact) mass is 337 g/mol. The molecule has 0 aliphatic heterocycles. The predicted molar refractivity (Wildman–Crippen MR) is 97.2 cm³/mol. The zero-order valence-electron chi connectivity index (χ0n) is 12.5. The van der Waals surface area contributed by atoms with E-state index in [1.165, 1.54) is 16.5 Å². The van der Waals surface area contributed by atoms with Gasteiger partial charge in [0.1, 0.15) is 0 Å². The Morgan fingerprint density at radius 3 is 2.68 bits per heavy atom. The van der Waals surface area contributed by atoms with E-state index < -0.39 is 0 Å². The average Bonchev–Trinajstić information content (AvgIpc) is 2.87. The lowest BCUT2D eigenvalue weighted by Crippen LogP contribution is -2.17. The molecule has 1 aromatic carbocycles. The van der Waals surface area contributed by atoms with Gasteiger partial charge in [0.05, 0.1) is 5.69 Å². The first kappa shape index (κ1) is 18.5. The Labute approximate surface area is 143 Å². The Bertz CT molecular complexity index is 710. The van der Waals surface area contributed by atoms with Gasteiger partial charge >= 0.3 is 0 Å². The van der Waals surface area contributed by atoms with Crippen molar-refractivity contribution in [2.24, 2.45) is 0 Å². The zero-order chi connectivity index (χ0) is 13.8. The van der Waals surface area contributed by atoms with Gasteiger partial charge in [0.15, 0.2) is 0 Å². The lowest BCUT2D eigenvalue weighted by atomic mass is 10.1. The van der Waals surface area contributed by atoms with Crippen molar-refractivity contribution < 1.29 is 0 Å². The van der Waals surface area contributed by atoms with E-state index in [0.29, 0.717) is 0 Å². The molecule has 0 radical (unpaired) electrons. The van der Waals surface area contributed by atoms with Gasteiger partial charge in [-0.25, -0.2) is 0 Å². The second-order valence-corrected chi connectivity index (χ2v) is 5.06. The topological polar surface area (TPSA) is 40.7 Å². The van der Waals surface area contributed by atoms with Crippen LogP contribution in [0, 0.1) is 6.92 Å². The SMILES string of the molecule is Cc1cccc(CNCCc2c[nH]c3ccccc23)n1.Cl.Cl. The van der Waals surface area contributed by atoms with Crippen molar-refractivity contribution in [2.75, 3.05) is 6.54 Å². The van der Waals surface area contributed by atoms with Gasteiger partial charge in [0.2, 0.25) is 0 Å². The van der Waals surface area contributed by atoms with Crippen molar-refractivity contribution >= 4 is 35.7 Å². The van der Waals surface area contributed by atoms with Crippen molar-refractivity contribution in [2.45, 2.75) is 19.9 Å². The van der Waals surface area contributed by atoms with Crippen LogP contribution in [0.4, 0.5) is 0 Å². The molecule has 0 bridgehead atoms. The zero-order valence-corrected chi connectivity index (χ0v) is 14.1. The van der Waals surface area contributed by atoms with Gasteiger partial charge in [-0.15, -0.1) is 24.8 Å². The molecular weight excluding hydrogens is 317 g/mol. The van der Waals surface area contributed by atoms with E-state index in [1.54, 1.807) is 0 Å². The molecule has 2 heterocycles. The van der Waals surface area contributed by atoms with Crippen molar-refractivity contribution in [1.82, 2.24) is 15.3 Å². The molecule has 22 heavy (non-hydrogen) atoms. The first-order chi connectivity index (χ1) is 9.83. The van der Waals surface area contributed by atoms with E-state index >= 15 is 0 Å². The van der Waals surface area contributed by atoms with Crippen LogP contribution in [-0.2, 0) is 13.0 Å². The highest BCUT2D eigenvalue weighted by Crippen LogP contribution is 2.17. The van der Waals surface area contributed by atoms with Crippen LogP contribution < -0.4 is 5.32 Å². The van der Waals surface area contributed by atoms with E-state index in [-0.39, 0.29) is 24.8 Å². The third kappa shape index (κ3) is 4.47. The second-order valence-electron chi connectivity index (χ2n) is 5.06. The van der Waals surface area contributed by atoms with Gasteiger partial charge in [0.25, 0.3) is 0 Å². The number of benzene rings is 1. The van der Waals surface area contributed by atoms with Gasteiger partial charge in [-0.2, -0.15) is 0 Å². The fourth-order valence-electron chi connectivity index (χ4n) is 2.48. The predicted octanol–water partition coefficient (Wildman–Crippen LogP) is 4.05. The summed E-state index contributed by atoms with van der Waals surface area (Å²) in [6.07, 6.45) is 3.13. The Balaban J connectivity index is 0.00000121. The molecule has 0 unspecified atom stereocenters. The van der Waals surface area contributed by atoms with Crippen molar-refractivity contribution in [3.63, 3.8) is 0 Å². The quantitative estimate of drug-likeness (QED) is 0.689. The number of nitrogens with one attached hydrogen (secondary N) is 2. The number of hydrogen-bond acceptors (Lipinski definition) is 2. The molecule has 2 aromatic heterocycles.